The van der Waals surface area contributed by atoms with Crippen molar-refractivity contribution in [2.75, 3.05) is 5.43 Å². The molecular weight excluding hydrogens is 210 g/mol. The van der Waals surface area contributed by atoms with Crippen LogP contribution in [0.4, 0.5) is 5.82 Å². The van der Waals surface area contributed by atoms with Crippen molar-refractivity contribution in [3.8, 4) is 0 Å². The summed E-state index contributed by atoms with van der Waals surface area (Å²) in [7, 11) is 1.83. The summed E-state index contributed by atoms with van der Waals surface area (Å²) in [5.74, 6) is 5.72. The van der Waals surface area contributed by atoms with Gasteiger partial charge >= 0.3 is 0 Å². The Morgan fingerprint density at radius 1 is 1.45 bits per heavy atom. The Kier molecular flexibility index (Phi) is 12.3. The average Bonchev–Trinajstić information content (AvgIpc) is 2.14. The third-order valence-corrected chi connectivity index (χ3v) is 0.861. The molecule has 0 aliphatic heterocycles. The zero-order valence-electron chi connectivity index (χ0n) is 5.85. The van der Waals surface area contributed by atoms with E-state index >= 15 is 0 Å². The van der Waals surface area contributed by atoms with Crippen molar-refractivity contribution in [1.82, 2.24) is 9.78 Å². The van der Waals surface area contributed by atoms with Crippen molar-refractivity contribution in [1.29, 1.82) is 0 Å². The van der Waals surface area contributed by atoms with Gasteiger partial charge in [0.15, 0.2) is 5.82 Å². The minimum Gasteiger partial charge on any atom is -0.307 e. The van der Waals surface area contributed by atoms with Crippen LogP contribution in [0, 0.1) is 0 Å². The van der Waals surface area contributed by atoms with Crippen molar-refractivity contribution >= 4 is 43.0 Å². The number of aromatic nitrogens is 2. The van der Waals surface area contributed by atoms with Gasteiger partial charge in [0.05, 0.1) is 0 Å². The van der Waals surface area contributed by atoms with Crippen molar-refractivity contribution in [3.63, 3.8) is 0 Å². The fourth-order valence-corrected chi connectivity index (χ4v) is 0.492. The molecule has 1 rings (SSSR count). The van der Waals surface area contributed by atoms with Gasteiger partial charge in [0, 0.05) is 19.3 Å². The number of nitrogens with one attached hydrogen (secondary N) is 1. The Bertz CT molecular complexity index is 178. The molecule has 0 saturated heterocycles. The summed E-state index contributed by atoms with van der Waals surface area (Å²) in [5, 5.41) is 3.91. The fourth-order valence-electron chi connectivity index (χ4n) is 0.492. The van der Waals surface area contributed by atoms with Crippen molar-refractivity contribution < 1.29 is 0 Å². The molecule has 1 aromatic heterocycles. The lowest BCUT2D eigenvalue weighted by Crippen LogP contribution is -2.07. The summed E-state index contributed by atoms with van der Waals surface area (Å²) in [4.78, 5) is 0. The zero-order chi connectivity index (χ0) is 5.98. The van der Waals surface area contributed by atoms with Crippen LogP contribution < -0.4 is 11.3 Å². The van der Waals surface area contributed by atoms with E-state index in [0.717, 1.165) is 0 Å². The molecule has 0 aliphatic carbocycles. The van der Waals surface area contributed by atoms with Crippen LogP contribution in [-0.4, -0.2) is 9.78 Å². The molecule has 68 valence electrons. The fraction of sp³-hybridized carbons (Fsp3) is 0.250. The number of nitrogens with zero attached hydrogens (tertiary/aromatic N) is 2. The summed E-state index contributed by atoms with van der Waals surface area (Å²) >= 11 is 0. The standard InChI is InChI=1S/C4H8N4.3ClH/c1-8-3-2-4(6-5)7-8;;;/h2-3H,5H2,1H3,(H,6,7);3*1H. The maximum atomic E-state index is 5.04. The Labute approximate surface area is 83.7 Å². The van der Waals surface area contributed by atoms with Gasteiger partial charge in [-0.25, -0.2) is 5.84 Å². The number of halogens is 3. The zero-order valence-corrected chi connectivity index (χ0v) is 8.30. The number of nitrogen functional groups attached to an aromatic ring is 1. The number of hydrogen-bond acceptors (Lipinski definition) is 3. The van der Waals surface area contributed by atoms with E-state index in [4.69, 9.17) is 5.84 Å². The molecule has 3 N–H and O–H groups in total. The largest absolute Gasteiger partial charge is 0.307 e. The number of hydrogen-bond donors (Lipinski definition) is 2. The van der Waals surface area contributed by atoms with E-state index in [-0.39, 0.29) is 37.2 Å². The second-order valence-electron chi connectivity index (χ2n) is 1.52. The summed E-state index contributed by atoms with van der Waals surface area (Å²) in [6.07, 6.45) is 1.81. The summed E-state index contributed by atoms with van der Waals surface area (Å²) in [5.41, 5.74) is 2.42. The van der Waals surface area contributed by atoms with E-state index in [0.29, 0.717) is 5.82 Å². The number of aryl methyl sites for hydroxylation is 1. The molecule has 1 aromatic rings. The second kappa shape index (κ2) is 7.94. The Morgan fingerprint density at radius 2 is 2.00 bits per heavy atom. The van der Waals surface area contributed by atoms with Gasteiger partial charge < -0.3 is 5.43 Å². The van der Waals surface area contributed by atoms with E-state index in [2.05, 4.69) is 10.5 Å². The molecule has 0 aromatic carbocycles. The minimum atomic E-state index is 0. The molecule has 0 saturated carbocycles. The van der Waals surface area contributed by atoms with E-state index in [1.165, 1.54) is 0 Å². The average molecular weight is 222 g/mol. The van der Waals surface area contributed by atoms with E-state index in [1.54, 1.807) is 10.7 Å². The van der Waals surface area contributed by atoms with Crippen LogP contribution in [0.5, 0.6) is 0 Å². The second-order valence-corrected chi connectivity index (χ2v) is 1.52. The van der Waals surface area contributed by atoms with Gasteiger partial charge in [0.1, 0.15) is 0 Å². The first-order chi connectivity index (χ1) is 3.83. The van der Waals surface area contributed by atoms with Crippen LogP contribution >= 0.6 is 37.2 Å². The first-order valence-corrected chi connectivity index (χ1v) is 2.29. The van der Waals surface area contributed by atoms with Gasteiger partial charge in [0.2, 0.25) is 0 Å². The maximum Gasteiger partial charge on any atom is 0.161 e. The van der Waals surface area contributed by atoms with Gasteiger partial charge in [-0.1, -0.05) is 0 Å². The van der Waals surface area contributed by atoms with Crippen LogP contribution in [-0.2, 0) is 7.05 Å². The number of anilines is 1. The molecule has 0 spiro atoms. The lowest BCUT2D eigenvalue weighted by Gasteiger charge is -1.87. The van der Waals surface area contributed by atoms with E-state index in [9.17, 15) is 0 Å². The molecule has 0 fully saturated rings. The summed E-state index contributed by atoms with van der Waals surface area (Å²) < 4.78 is 1.68. The molecule has 0 unspecified atom stereocenters. The molecule has 0 atom stereocenters. The molecule has 0 amide bonds. The summed E-state index contributed by atoms with van der Waals surface area (Å²) in [6.45, 7) is 0. The quantitative estimate of drug-likeness (QED) is 0.549. The predicted octanol–water partition coefficient (Wildman–Crippen LogP) is 0.971. The van der Waals surface area contributed by atoms with Gasteiger partial charge in [-0.3, -0.25) is 4.68 Å². The first kappa shape index (κ1) is 17.1. The highest BCUT2D eigenvalue weighted by Gasteiger charge is 1.87. The van der Waals surface area contributed by atoms with Crippen molar-refractivity contribution in [2.45, 2.75) is 0 Å². The predicted molar refractivity (Wildman–Crippen MR) is 52.8 cm³/mol. The van der Waals surface area contributed by atoms with E-state index in [1.807, 2.05) is 13.2 Å². The third-order valence-electron chi connectivity index (χ3n) is 0.861. The molecule has 0 bridgehead atoms. The monoisotopic (exact) mass is 220 g/mol. The topological polar surface area (TPSA) is 55.9 Å². The smallest absolute Gasteiger partial charge is 0.161 e. The van der Waals surface area contributed by atoms with Crippen LogP contribution in [0.3, 0.4) is 0 Å². The Morgan fingerprint density at radius 3 is 2.18 bits per heavy atom. The normalized spacial score (nSPS) is 6.73. The summed E-state index contributed by atoms with van der Waals surface area (Å²) in [6, 6.07) is 1.79. The molecule has 11 heavy (non-hydrogen) atoms. The Hall–Kier alpha value is -0.160. The highest BCUT2D eigenvalue weighted by Crippen LogP contribution is 1.95. The first-order valence-electron chi connectivity index (χ1n) is 2.29. The highest BCUT2D eigenvalue weighted by molar-refractivity contribution is 5.86. The van der Waals surface area contributed by atoms with Crippen LogP contribution in [0.25, 0.3) is 0 Å². The van der Waals surface area contributed by atoms with Gasteiger partial charge in [-0.05, 0) is 0 Å². The minimum absolute atomic E-state index is 0. The number of rotatable bonds is 1. The van der Waals surface area contributed by atoms with Crippen LogP contribution in [0.1, 0.15) is 0 Å². The molecule has 7 heteroatoms. The van der Waals surface area contributed by atoms with Gasteiger partial charge in [-0.15, -0.1) is 37.2 Å². The number of nitrogens with two attached hydrogens (primary N) is 1. The lowest BCUT2D eigenvalue weighted by molar-refractivity contribution is 0.769. The molecule has 0 aliphatic rings. The molecule has 1 heterocycles. The molecule has 4 nitrogen and oxygen atoms in total. The highest BCUT2D eigenvalue weighted by atomic mass is 35.5. The third kappa shape index (κ3) is 5.15. The SMILES string of the molecule is Cl.Cl.Cl.Cn1ccc(NN)n1. The van der Waals surface area contributed by atoms with Crippen molar-refractivity contribution in [2.24, 2.45) is 12.9 Å². The lowest BCUT2D eigenvalue weighted by atomic mass is 10.7. The van der Waals surface area contributed by atoms with Crippen LogP contribution in [0.2, 0.25) is 0 Å². The van der Waals surface area contributed by atoms with Crippen LogP contribution in [0.15, 0.2) is 12.3 Å². The van der Waals surface area contributed by atoms with Gasteiger partial charge in [0.25, 0.3) is 0 Å². The molecular formula is C4H11Cl3N4. The maximum absolute atomic E-state index is 5.04. The number of hydrazine groups is 1. The van der Waals surface area contributed by atoms with E-state index < -0.39 is 0 Å². The molecule has 0 radical (unpaired) electrons. The Balaban J connectivity index is -0.000000213. The van der Waals surface area contributed by atoms with Gasteiger partial charge in [-0.2, -0.15) is 5.10 Å². The van der Waals surface area contributed by atoms with Crippen molar-refractivity contribution in [3.05, 3.63) is 12.3 Å².